The third-order valence-corrected chi connectivity index (χ3v) is 5.24. The molecule has 0 aliphatic carbocycles. The van der Waals surface area contributed by atoms with Crippen molar-refractivity contribution < 1.29 is 14.4 Å². The van der Waals surface area contributed by atoms with E-state index in [-0.39, 0.29) is 5.82 Å². The van der Waals surface area contributed by atoms with Gasteiger partial charge in [-0.25, -0.2) is 9.59 Å². The molecule has 1 saturated heterocycles. The number of Topliss-reactive ketones (excluding diaryl/α,β-unsaturated/α-hetero) is 1. The normalized spacial score (nSPS) is 18.8. The number of anilines is 1. The van der Waals surface area contributed by atoms with E-state index < -0.39 is 46.6 Å². The van der Waals surface area contributed by atoms with Crippen LogP contribution in [-0.2, 0) is 24.4 Å². The molecule has 2 aromatic rings. The fourth-order valence-corrected chi connectivity index (χ4v) is 3.29. The zero-order valence-corrected chi connectivity index (χ0v) is 16.6. The van der Waals surface area contributed by atoms with Gasteiger partial charge in [0.25, 0.3) is 11.5 Å². The van der Waals surface area contributed by atoms with Crippen LogP contribution in [0.1, 0.15) is 22.8 Å². The molecule has 1 unspecified atom stereocenters. The SMILES string of the molecule is Cn1c(N)c(C(=O)CN2C(=O)NC(C)(c3ccc(Cl)cc3)C2=O)c(=O)n(C)c1=O. The molecule has 1 aromatic heterocycles. The van der Waals surface area contributed by atoms with Crippen molar-refractivity contribution in [3.8, 4) is 0 Å². The van der Waals surface area contributed by atoms with E-state index in [0.717, 1.165) is 9.13 Å². The lowest BCUT2D eigenvalue weighted by atomic mass is 9.92. The number of ketones is 1. The van der Waals surface area contributed by atoms with Gasteiger partial charge in [0.15, 0.2) is 5.78 Å². The second-order valence-electron chi connectivity index (χ2n) is 6.84. The van der Waals surface area contributed by atoms with Gasteiger partial charge in [0, 0.05) is 19.1 Å². The molecule has 1 aliphatic heterocycles. The fourth-order valence-electron chi connectivity index (χ4n) is 3.16. The van der Waals surface area contributed by atoms with Gasteiger partial charge in [-0.2, -0.15) is 0 Å². The van der Waals surface area contributed by atoms with E-state index in [9.17, 15) is 24.0 Å². The quantitative estimate of drug-likeness (QED) is 0.527. The van der Waals surface area contributed by atoms with Crippen LogP contribution in [0.2, 0.25) is 5.02 Å². The first kappa shape index (κ1) is 20.3. The van der Waals surface area contributed by atoms with E-state index in [4.69, 9.17) is 17.3 Å². The Morgan fingerprint density at radius 2 is 1.69 bits per heavy atom. The number of nitrogens with one attached hydrogen (secondary N) is 1. The minimum absolute atomic E-state index is 0.337. The Morgan fingerprint density at radius 1 is 1.10 bits per heavy atom. The summed E-state index contributed by atoms with van der Waals surface area (Å²) in [5, 5.41) is 3.02. The number of rotatable bonds is 4. The van der Waals surface area contributed by atoms with Gasteiger partial charge < -0.3 is 11.1 Å². The van der Waals surface area contributed by atoms with Gasteiger partial charge in [0.1, 0.15) is 16.9 Å². The van der Waals surface area contributed by atoms with E-state index in [1.165, 1.54) is 21.0 Å². The maximum Gasteiger partial charge on any atom is 0.332 e. The fraction of sp³-hybridized carbons (Fsp3) is 0.278. The molecule has 3 amide bonds. The van der Waals surface area contributed by atoms with Crippen LogP contribution in [0.25, 0.3) is 0 Å². The second-order valence-corrected chi connectivity index (χ2v) is 7.28. The van der Waals surface area contributed by atoms with E-state index in [0.29, 0.717) is 15.5 Å². The Bertz CT molecular complexity index is 1170. The average Bonchev–Trinajstić information content (AvgIpc) is 2.89. The van der Waals surface area contributed by atoms with E-state index in [2.05, 4.69) is 5.32 Å². The smallest absolute Gasteiger partial charge is 0.332 e. The van der Waals surface area contributed by atoms with Gasteiger partial charge in [0.05, 0.1) is 6.54 Å². The van der Waals surface area contributed by atoms with Crippen molar-refractivity contribution in [3.63, 3.8) is 0 Å². The highest BCUT2D eigenvalue weighted by atomic mass is 35.5. The number of nitrogen functional groups attached to an aromatic ring is 1. The van der Waals surface area contributed by atoms with Gasteiger partial charge in [-0.05, 0) is 24.6 Å². The Labute approximate surface area is 169 Å². The number of nitrogens with two attached hydrogens (primary N) is 1. The van der Waals surface area contributed by atoms with Crippen LogP contribution in [0.3, 0.4) is 0 Å². The van der Waals surface area contributed by atoms with E-state index in [1.54, 1.807) is 24.3 Å². The maximum atomic E-state index is 12.9. The Morgan fingerprint density at radius 3 is 2.28 bits per heavy atom. The van der Waals surface area contributed by atoms with Crippen molar-refractivity contribution in [2.24, 2.45) is 14.1 Å². The van der Waals surface area contributed by atoms with Gasteiger partial charge >= 0.3 is 11.7 Å². The first-order valence-corrected chi connectivity index (χ1v) is 8.85. The number of nitrogens with zero attached hydrogens (tertiary/aromatic N) is 3. The molecule has 1 atom stereocenters. The lowest BCUT2D eigenvalue weighted by molar-refractivity contribution is -0.130. The van der Waals surface area contributed by atoms with Crippen molar-refractivity contribution in [1.82, 2.24) is 19.4 Å². The zero-order valence-electron chi connectivity index (χ0n) is 15.9. The summed E-state index contributed by atoms with van der Waals surface area (Å²) in [5.74, 6) is -1.86. The number of imide groups is 1. The third kappa shape index (κ3) is 3.11. The predicted octanol–water partition coefficient (Wildman–Crippen LogP) is -0.0305. The summed E-state index contributed by atoms with van der Waals surface area (Å²) in [4.78, 5) is 63.0. The molecule has 0 bridgehead atoms. The monoisotopic (exact) mass is 419 g/mol. The molecular weight excluding hydrogens is 402 g/mol. The van der Waals surface area contributed by atoms with Gasteiger partial charge in [-0.15, -0.1) is 0 Å². The highest BCUT2D eigenvalue weighted by Gasteiger charge is 2.49. The van der Waals surface area contributed by atoms with Crippen molar-refractivity contribution >= 4 is 35.1 Å². The van der Waals surface area contributed by atoms with Crippen molar-refractivity contribution in [1.29, 1.82) is 0 Å². The summed E-state index contributed by atoms with van der Waals surface area (Å²) in [7, 11) is 2.51. The van der Waals surface area contributed by atoms with Crippen LogP contribution in [0, 0.1) is 0 Å². The minimum Gasteiger partial charge on any atom is -0.384 e. The number of aromatic nitrogens is 2. The molecule has 3 N–H and O–H groups in total. The molecule has 10 nitrogen and oxygen atoms in total. The molecule has 0 spiro atoms. The largest absolute Gasteiger partial charge is 0.384 e. The second kappa shape index (κ2) is 6.89. The van der Waals surface area contributed by atoms with E-state index in [1.807, 2.05) is 0 Å². The number of carbonyl (C=O) groups excluding carboxylic acids is 3. The lowest BCUT2D eigenvalue weighted by Gasteiger charge is -2.22. The molecule has 1 aromatic carbocycles. The van der Waals surface area contributed by atoms with Crippen molar-refractivity contribution in [3.05, 3.63) is 61.3 Å². The molecule has 0 saturated carbocycles. The summed E-state index contributed by atoms with van der Waals surface area (Å²) in [6.07, 6.45) is 0. The third-order valence-electron chi connectivity index (χ3n) is 4.99. The molecule has 1 aliphatic rings. The van der Waals surface area contributed by atoms with Crippen LogP contribution in [0.15, 0.2) is 33.9 Å². The van der Waals surface area contributed by atoms with Gasteiger partial charge in [0.2, 0.25) is 0 Å². The zero-order chi connectivity index (χ0) is 21.7. The molecule has 29 heavy (non-hydrogen) atoms. The number of amides is 3. The van der Waals surface area contributed by atoms with Gasteiger partial charge in [-0.3, -0.25) is 28.4 Å². The molecule has 152 valence electrons. The van der Waals surface area contributed by atoms with Crippen molar-refractivity contribution in [2.75, 3.05) is 12.3 Å². The number of benzene rings is 1. The number of halogens is 1. The molecule has 1 fully saturated rings. The molecule has 11 heteroatoms. The summed E-state index contributed by atoms with van der Waals surface area (Å²) >= 11 is 5.87. The summed E-state index contributed by atoms with van der Waals surface area (Å²) < 4.78 is 1.67. The topological polar surface area (TPSA) is 136 Å². The van der Waals surface area contributed by atoms with Crippen LogP contribution >= 0.6 is 11.6 Å². The lowest BCUT2D eigenvalue weighted by Crippen LogP contribution is -2.44. The Balaban J connectivity index is 1.96. The van der Waals surface area contributed by atoms with Crippen LogP contribution in [0.5, 0.6) is 0 Å². The molecular formula is C18H18ClN5O5. The Kier molecular flexibility index (Phi) is 4.83. The highest BCUT2D eigenvalue weighted by molar-refractivity contribution is 6.30. The number of hydrogen-bond donors (Lipinski definition) is 2. The first-order valence-electron chi connectivity index (χ1n) is 8.48. The molecule has 0 radical (unpaired) electrons. The standard InChI is InChI=1S/C18H18ClN5O5/c1-18(9-4-6-10(19)7-5-9)15(27)24(16(28)21-18)8-11(25)12-13(20)22(2)17(29)23(3)14(12)26/h4-7H,8,20H2,1-3H3,(H,21,28). The number of carbonyl (C=O) groups is 3. The highest BCUT2D eigenvalue weighted by Crippen LogP contribution is 2.29. The summed E-state index contributed by atoms with van der Waals surface area (Å²) in [5.41, 5.74) is 2.78. The maximum absolute atomic E-state index is 12.9. The number of urea groups is 1. The summed E-state index contributed by atoms with van der Waals surface area (Å²) in [6.45, 7) is 0.798. The van der Waals surface area contributed by atoms with Crippen molar-refractivity contribution in [2.45, 2.75) is 12.5 Å². The molecule has 3 rings (SSSR count). The molecule has 2 heterocycles. The predicted molar refractivity (Wildman–Crippen MR) is 105 cm³/mol. The van der Waals surface area contributed by atoms with E-state index >= 15 is 0 Å². The summed E-state index contributed by atoms with van der Waals surface area (Å²) in [6, 6.07) is 5.54. The van der Waals surface area contributed by atoms with Crippen LogP contribution < -0.4 is 22.3 Å². The average molecular weight is 420 g/mol. The van der Waals surface area contributed by atoms with Crippen LogP contribution in [-0.4, -0.2) is 38.3 Å². The Hall–Kier alpha value is -3.40. The number of hydrogen-bond acceptors (Lipinski definition) is 6. The first-order chi connectivity index (χ1) is 13.5. The minimum atomic E-state index is -1.40. The van der Waals surface area contributed by atoms with Crippen LogP contribution in [0.4, 0.5) is 10.6 Å². The van der Waals surface area contributed by atoms with Gasteiger partial charge in [-0.1, -0.05) is 23.7 Å².